The molecule has 0 saturated heterocycles. The van der Waals surface area contributed by atoms with Crippen LogP contribution in [0.2, 0.25) is 5.02 Å². The predicted molar refractivity (Wildman–Crippen MR) is 90.3 cm³/mol. The van der Waals surface area contributed by atoms with Gasteiger partial charge in [-0.3, -0.25) is 0 Å². The number of hydrogen-bond acceptors (Lipinski definition) is 1. The smallest absolute Gasteiger partial charge is 0.0417 e. The van der Waals surface area contributed by atoms with Crippen LogP contribution in [0, 0.1) is 0 Å². The lowest BCUT2D eigenvalue weighted by Crippen LogP contribution is -2.16. The summed E-state index contributed by atoms with van der Waals surface area (Å²) in [5.74, 6) is 0.581. The molecule has 1 unspecified atom stereocenters. The molecular formula is C17H19BrClN. The molecular weight excluding hydrogens is 334 g/mol. The van der Waals surface area contributed by atoms with Gasteiger partial charge in [0.15, 0.2) is 0 Å². The van der Waals surface area contributed by atoms with Crippen LogP contribution in [0.25, 0.3) is 0 Å². The van der Waals surface area contributed by atoms with Crippen LogP contribution in [0.5, 0.6) is 0 Å². The fourth-order valence-corrected chi connectivity index (χ4v) is 2.98. The second-order valence-electron chi connectivity index (χ2n) is 5.01. The van der Waals surface area contributed by atoms with Gasteiger partial charge in [-0.25, -0.2) is 0 Å². The van der Waals surface area contributed by atoms with Crippen molar-refractivity contribution < 1.29 is 0 Å². The molecule has 0 saturated carbocycles. The number of hydrogen-bond donors (Lipinski definition) is 1. The Labute approximate surface area is 134 Å². The van der Waals surface area contributed by atoms with Crippen molar-refractivity contribution in [3.8, 4) is 0 Å². The molecule has 0 bridgehead atoms. The zero-order valence-electron chi connectivity index (χ0n) is 11.6. The van der Waals surface area contributed by atoms with Crippen molar-refractivity contribution in [1.29, 1.82) is 0 Å². The first kappa shape index (κ1) is 15.6. The SMILES string of the molecule is CC(CCNCc1ccc(Cl)cc1Br)c1ccccc1. The maximum Gasteiger partial charge on any atom is 0.0417 e. The number of benzene rings is 2. The van der Waals surface area contributed by atoms with Crippen LogP contribution in [0.15, 0.2) is 53.0 Å². The Morgan fingerprint density at radius 2 is 1.90 bits per heavy atom. The highest BCUT2D eigenvalue weighted by Crippen LogP contribution is 2.22. The molecule has 2 aromatic carbocycles. The standard InChI is InChI=1S/C17H19BrClN/c1-13(14-5-3-2-4-6-14)9-10-20-12-15-7-8-16(19)11-17(15)18/h2-8,11,13,20H,9-10,12H2,1H3. The van der Waals surface area contributed by atoms with Crippen molar-refractivity contribution in [3.05, 3.63) is 69.2 Å². The van der Waals surface area contributed by atoms with Crippen LogP contribution < -0.4 is 5.32 Å². The highest BCUT2D eigenvalue weighted by Gasteiger charge is 2.05. The molecule has 3 heteroatoms. The van der Waals surface area contributed by atoms with E-state index in [1.54, 1.807) is 0 Å². The first-order chi connectivity index (χ1) is 9.66. The second-order valence-corrected chi connectivity index (χ2v) is 6.30. The molecule has 0 aliphatic heterocycles. The lowest BCUT2D eigenvalue weighted by Gasteiger charge is -2.13. The van der Waals surface area contributed by atoms with Crippen molar-refractivity contribution in [2.24, 2.45) is 0 Å². The summed E-state index contributed by atoms with van der Waals surface area (Å²) in [5, 5.41) is 4.25. The normalized spacial score (nSPS) is 12.3. The molecule has 0 heterocycles. The fourth-order valence-electron chi connectivity index (χ4n) is 2.15. The highest BCUT2D eigenvalue weighted by molar-refractivity contribution is 9.10. The Kier molecular flexibility index (Phi) is 6.08. The quantitative estimate of drug-likeness (QED) is 0.688. The summed E-state index contributed by atoms with van der Waals surface area (Å²) in [6.07, 6.45) is 1.13. The zero-order valence-corrected chi connectivity index (χ0v) is 13.9. The zero-order chi connectivity index (χ0) is 14.4. The van der Waals surface area contributed by atoms with Crippen molar-refractivity contribution in [3.63, 3.8) is 0 Å². The third kappa shape index (κ3) is 4.62. The van der Waals surface area contributed by atoms with Gasteiger partial charge in [-0.2, -0.15) is 0 Å². The molecule has 2 rings (SSSR count). The average Bonchev–Trinajstić information content (AvgIpc) is 2.46. The van der Waals surface area contributed by atoms with Gasteiger partial charge in [-0.15, -0.1) is 0 Å². The Morgan fingerprint density at radius 3 is 2.60 bits per heavy atom. The number of halogens is 2. The van der Waals surface area contributed by atoms with Crippen molar-refractivity contribution in [2.75, 3.05) is 6.54 Å². The topological polar surface area (TPSA) is 12.0 Å². The maximum absolute atomic E-state index is 5.94. The van der Waals surface area contributed by atoms with E-state index >= 15 is 0 Å². The predicted octanol–water partition coefficient (Wildman–Crippen LogP) is 5.39. The van der Waals surface area contributed by atoms with Gasteiger partial charge in [-0.1, -0.05) is 70.9 Å². The summed E-state index contributed by atoms with van der Waals surface area (Å²) in [5.41, 5.74) is 2.64. The first-order valence-electron chi connectivity index (χ1n) is 6.86. The van der Waals surface area contributed by atoms with E-state index in [1.807, 2.05) is 12.1 Å². The van der Waals surface area contributed by atoms with E-state index in [0.717, 1.165) is 29.0 Å². The van der Waals surface area contributed by atoms with E-state index in [2.05, 4.69) is 64.6 Å². The summed E-state index contributed by atoms with van der Waals surface area (Å²) in [4.78, 5) is 0. The van der Waals surface area contributed by atoms with Gasteiger partial charge in [0.2, 0.25) is 0 Å². The molecule has 0 aliphatic carbocycles. The molecule has 0 fully saturated rings. The first-order valence-corrected chi connectivity index (χ1v) is 8.03. The van der Waals surface area contributed by atoms with E-state index in [1.165, 1.54) is 11.1 Å². The average molecular weight is 353 g/mol. The van der Waals surface area contributed by atoms with Gasteiger partial charge >= 0.3 is 0 Å². The van der Waals surface area contributed by atoms with Gasteiger partial charge in [0.1, 0.15) is 0 Å². The minimum Gasteiger partial charge on any atom is -0.313 e. The molecule has 20 heavy (non-hydrogen) atoms. The third-order valence-electron chi connectivity index (χ3n) is 3.45. The van der Waals surface area contributed by atoms with Crippen molar-refractivity contribution in [1.82, 2.24) is 5.32 Å². The van der Waals surface area contributed by atoms with Crippen LogP contribution in [0.1, 0.15) is 30.4 Å². The molecule has 0 aliphatic rings. The molecule has 1 nitrogen and oxygen atoms in total. The Morgan fingerprint density at radius 1 is 1.15 bits per heavy atom. The Hall–Kier alpha value is -0.830. The van der Waals surface area contributed by atoms with E-state index < -0.39 is 0 Å². The van der Waals surface area contributed by atoms with Crippen LogP contribution >= 0.6 is 27.5 Å². The van der Waals surface area contributed by atoms with Crippen molar-refractivity contribution >= 4 is 27.5 Å². The van der Waals surface area contributed by atoms with Gasteiger partial charge in [-0.05, 0) is 42.1 Å². The summed E-state index contributed by atoms with van der Waals surface area (Å²) >= 11 is 9.48. The minimum absolute atomic E-state index is 0.581. The molecule has 2 aromatic rings. The van der Waals surface area contributed by atoms with Crippen LogP contribution in [-0.4, -0.2) is 6.54 Å². The van der Waals surface area contributed by atoms with Gasteiger partial charge < -0.3 is 5.32 Å². The summed E-state index contributed by atoms with van der Waals surface area (Å²) in [6.45, 7) is 4.14. The monoisotopic (exact) mass is 351 g/mol. The van der Waals surface area contributed by atoms with Crippen molar-refractivity contribution in [2.45, 2.75) is 25.8 Å². The van der Waals surface area contributed by atoms with Crippen LogP contribution in [0.4, 0.5) is 0 Å². The molecule has 0 amide bonds. The summed E-state index contributed by atoms with van der Waals surface area (Å²) in [6, 6.07) is 16.6. The molecule has 0 spiro atoms. The Balaban J connectivity index is 1.76. The summed E-state index contributed by atoms with van der Waals surface area (Å²) in [7, 11) is 0. The molecule has 0 radical (unpaired) electrons. The molecule has 1 atom stereocenters. The van der Waals surface area contributed by atoms with E-state index in [-0.39, 0.29) is 0 Å². The summed E-state index contributed by atoms with van der Waals surface area (Å²) < 4.78 is 1.06. The molecule has 0 aromatic heterocycles. The minimum atomic E-state index is 0.581. The maximum atomic E-state index is 5.94. The molecule has 106 valence electrons. The highest BCUT2D eigenvalue weighted by atomic mass is 79.9. The fraction of sp³-hybridized carbons (Fsp3) is 0.294. The third-order valence-corrected chi connectivity index (χ3v) is 4.43. The van der Waals surface area contributed by atoms with E-state index in [9.17, 15) is 0 Å². The van der Waals surface area contributed by atoms with Gasteiger partial charge in [0.25, 0.3) is 0 Å². The van der Waals surface area contributed by atoms with Crippen LogP contribution in [-0.2, 0) is 6.54 Å². The van der Waals surface area contributed by atoms with E-state index in [0.29, 0.717) is 5.92 Å². The molecule has 1 N–H and O–H groups in total. The second kappa shape index (κ2) is 7.82. The van der Waals surface area contributed by atoms with Gasteiger partial charge in [0, 0.05) is 16.0 Å². The number of nitrogens with one attached hydrogen (secondary N) is 1. The van der Waals surface area contributed by atoms with Gasteiger partial charge in [0.05, 0.1) is 0 Å². The number of rotatable bonds is 6. The van der Waals surface area contributed by atoms with Crippen LogP contribution in [0.3, 0.4) is 0 Å². The lowest BCUT2D eigenvalue weighted by atomic mass is 9.98. The Bertz CT molecular complexity index is 542. The largest absolute Gasteiger partial charge is 0.313 e. The van der Waals surface area contributed by atoms with E-state index in [4.69, 9.17) is 11.6 Å². The lowest BCUT2D eigenvalue weighted by molar-refractivity contribution is 0.593.